The Morgan fingerprint density at radius 3 is 2.66 bits per heavy atom. The lowest BCUT2D eigenvalue weighted by molar-refractivity contribution is 0.125. The molecule has 0 spiro atoms. The van der Waals surface area contributed by atoms with E-state index in [4.69, 9.17) is 21.2 Å². The molecule has 4 N–H and O–H groups in total. The molecule has 0 fully saturated rings. The highest BCUT2D eigenvalue weighted by atomic mass is 16.5. The lowest BCUT2D eigenvalue weighted by Crippen LogP contribution is -2.37. The molecule has 3 heterocycles. The van der Waals surface area contributed by atoms with Crippen molar-refractivity contribution in [1.82, 2.24) is 19.5 Å². The van der Waals surface area contributed by atoms with Crippen LogP contribution in [0.3, 0.4) is 0 Å². The molecule has 7 nitrogen and oxygen atoms in total. The van der Waals surface area contributed by atoms with Gasteiger partial charge in [0.15, 0.2) is 5.82 Å². The van der Waals surface area contributed by atoms with Gasteiger partial charge in [0, 0.05) is 42.0 Å². The van der Waals surface area contributed by atoms with Crippen LogP contribution in [0.2, 0.25) is 0 Å². The topological polar surface area (TPSA) is 105 Å². The van der Waals surface area contributed by atoms with E-state index < -0.39 is 5.54 Å². The Hall–Kier alpha value is -3.03. The van der Waals surface area contributed by atoms with E-state index >= 15 is 0 Å². The van der Waals surface area contributed by atoms with Crippen LogP contribution < -0.4 is 11.5 Å². The molecule has 4 aromatic rings. The zero-order chi connectivity index (χ0) is 20.6. The number of nitrogens with zero attached hydrogens (tertiary/aromatic N) is 4. The second-order valence-electron chi connectivity index (χ2n) is 7.91. The highest BCUT2D eigenvalue weighted by Crippen LogP contribution is 2.32. The van der Waals surface area contributed by atoms with Gasteiger partial charge in [0.1, 0.15) is 17.9 Å². The third-order valence-electron chi connectivity index (χ3n) is 4.78. The van der Waals surface area contributed by atoms with Crippen LogP contribution in [-0.4, -0.2) is 31.7 Å². The van der Waals surface area contributed by atoms with Crippen LogP contribution in [0.25, 0.3) is 33.1 Å². The third-order valence-corrected chi connectivity index (χ3v) is 4.78. The molecule has 0 atom stereocenters. The second kappa shape index (κ2) is 7.42. The number of rotatable bonds is 6. The molecule has 0 aliphatic heterocycles. The first-order valence-electron chi connectivity index (χ1n) is 9.73. The maximum atomic E-state index is 6.35. The van der Waals surface area contributed by atoms with Crippen molar-refractivity contribution in [3.63, 3.8) is 0 Å². The van der Waals surface area contributed by atoms with Gasteiger partial charge in [-0.3, -0.25) is 4.98 Å². The first kappa shape index (κ1) is 19.3. The summed E-state index contributed by atoms with van der Waals surface area (Å²) in [6.45, 7) is 7.56. The van der Waals surface area contributed by atoms with Gasteiger partial charge in [-0.05, 0) is 38.5 Å². The van der Waals surface area contributed by atoms with Crippen molar-refractivity contribution in [3.8, 4) is 11.1 Å². The molecule has 0 radical (unpaired) electrons. The van der Waals surface area contributed by atoms with Crippen molar-refractivity contribution in [2.24, 2.45) is 5.73 Å². The van der Waals surface area contributed by atoms with Crippen molar-refractivity contribution in [2.75, 3.05) is 12.3 Å². The quantitative estimate of drug-likeness (QED) is 0.522. The molecule has 0 saturated heterocycles. The Labute approximate surface area is 169 Å². The zero-order valence-corrected chi connectivity index (χ0v) is 17.0. The van der Waals surface area contributed by atoms with Gasteiger partial charge in [0.2, 0.25) is 0 Å². The average molecular weight is 390 g/mol. The predicted octanol–water partition coefficient (Wildman–Crippen LogP) is 3.50. The van der Waals surface area contributed by atoms with Crippen LogP contribution >= 0.6 is 0 Å². The first-order chi connectivity index (χ1) is 13.9. The minimum absolute atomic E-state index is 0.399. The second-order valence-corrected chi connectivity index (χ2v) is 7.91. The summed E-state index contributed by atoms with van der Waals surface area (Å²) in [6.07, 6.45) is 3.60. The fourth-order valence-electron chi connectivity index (χ4n) is 3.55. The van der Waals surface area contributed by atoms with Crippen molar-refractivity contribution in [1.29, 1.82) is 0 Å². The summed E-state index contributed by atoms with van der Waals surface area (Å²) in [7, 11) is 0. The van der Waals surface area contributed by atoms with Crippen molar-refractivity contribution in [3.05, 3.63) is 48.5 Å². The van der Waals surface area contributed by atoms with E-state index in [9.17, 15) is 0 Å². The molecule has 1 aromatic carbocycles. The summed E-state index contributed by atoms with van der Waals surface area (Å²) in [5.74, 6) is 1.21. The number of nitrogen functional groups attached to an aromatic ring is 1. The Morgan fingerprint density at radius 1 is 1.14 bits per heavy atom. The summed E-state index contributed by atoms with van der Waals surface area (Å²) in [5.41, 5.74) is 16.8. The van der Waals surface area contributed by atoms with Crippen molar-refractivity contribution < 1.29 is 4.74 Å². The molecule has 0 unspecified atom stereocenters. The van der Waals surface area contributed by atoms with Gasteiger partial charge in [-0.1, -0.05) is 18.2 Å². The molecule has 0 aliphatic carbocycles. The van der Waals surface area contributed by atoms with Crippen molar-refractivity contribution in [2.45, 2.75) is 39.5 Å². The smallest absolute Gasteiger partial charge is 0.152 e. The van der Waals surface area contributed by atoms with Gasteiger partial charge in [0.05, 0.1) is 11.0 Å². The van der Waals surface area contributed by atoms with Crippen LogP contribution in [0, 0.1) is 0 Å². The first-order valence-corrected chi connectivity index (χ1v) is 9.73. The third kappa shape index (κ3) is 3.79. The van der Waals surface area contributed by atoms with Gasteiger partial charge in [-0.15, -0.1) is 0 Å². The van der Waals surface area contributed by atoms with E-state index in [-0.39, 0.29) is 0 Å². The van der Waals surface area contributed by atoms with E-state index in [1.165, 1.54) is 0 Å². The Kier molecular flexibility index (Phi) is 4.94. The molecule has 0 bridgehead atoms. The number of hydrogen-bond donors (Lipinski definition) is 2. The number of pyridine rings is 2. The largest absolute Gasteiger partial charge is 0.382 e. The number of fused-ring (bicyclic) bond motifs is 3. The normalized spacial score (nSPS) is 12.1. The van der Waals surface area contributed by atoms with Gasteiger partial charge < -0.3 is 20.8 Å². The van der Waals surface area contributed by atoms with Crippen LogP contribution in [0.5, 0.6) is 0 Å². The average Bonchev–Trinajstić information content (AvgIpc) is 3.04. The number of anilines is 1. The number of imidazole rings is 1. The summed E-state index contributed by atoms with van der Waals surface area (Å²) in [5, 5.41) is 0.987. The summed E-state index contributed by atoms with van der Waals surface area (Å²) in [6, 6.07) is 10.1. The fourth-order valence-corrected chi connectivity index (χ4v) is 3.55. The van der Waals surface area contributed by atoms with Gasteiger partial charge >= 0.3 is 0 Å². The molecular weight excluding hydrogens is 364 g/mol. The minimum Gasteiger partial charge on any atom is -0.382 e. The maximum Gasteiger partial charge on any atom is 0.152 e. The number of hydrogen-bond acceptors (Lipinski definition) is 6. The highest BCUT2D eigenvalue weighted by molar-refractivity contribution is 6.07. The summed E-state index contributed by atoms with van der Waals surface area (Å²) >= 11 is 0. The minimum atomic E-state index is -0.422. The maximum absolute atomic E-state index is 6.35. The van der Waals surface area contributed by atoms with E-state index in [2.05, 4.69) is 26.7 Å². The lowest BCUT2D eigenvalue weighted by atomic mass is 10.0. The van der Waals surface area contributed by atoms with E-state index in [0.717, 1.165) is 33.4 Å². The molecule has 3 aromatic heterocycles. The van der Waals surface area contributed by atoms with E-state index in [0.29, 0.717) is 31.1 Å². The van der Waals surface area contributed by atoms with Gasteiger partial charge in [-0.2, -0.15) is 0 Å². The Balaban J connectivity index is 1.96. The Morgan fingerprint density at radius 2 is 1.97 bits per heavy atom. The van der Waals surface area contributed by atoms with Crippen LogP contribution in [0.15, 0.2) is 42.7 Å². The molecule has 7 heteroatoms. The monoisotopic (exact) mass is 390 g/mol. The molecule has 0 saturated carbocycles. The zero-order valence-electron chi connectivity index (χ0n) is 17.0. The predicted molar refractivity (Wildman–Crippen MR) is 116 cm³/mol. The molecule has 4 rings (SSSR count). The van der Waals surface area contributed by atoms with Gasteiger partial charge in [-0.25, -0.2) is 9.97 Å². The summed E-state index contributed by atoms with van der Waals surface area (Å²) in [4.78, 5) is 13.6. The van der Waals surface area contributed by atoms with Crippen molar-refractivity contribution >= 4 is 27.8 Å². The standard InChI is InChI=1S/C22H26N6O/c1-4-29-12-18-27-19-20(28(18)13-22(2,3)24)16-8-7-14(10-17(16)26-21(19)23)15-6-5-9-25-11-15/h5-11H,4,12-13,24H2,1-3H3,(H2,23,26). The van der Waals surface area contributed by atoms with E-state index in [1.807, 2.05) is 45.2 Å². The van der Waals surface area contributed by atoms with E-state index in [1.54, 1.807) is 6.20 Å². The number of ether oxygens (including phenoxy) is 1. The van der Waals surface area contributed by atoms with Gasteiger partial charge in [0.25, 0.3) is 0 Å². The fraction of sp³-hybridized carbons (Fsp3) is 0.318. The van der Waals surface area contributed by atoms with Crippen LogP contribution in [0.4, 0.5) is 5.82 Å². The summed E-state index contributed by atoms with van der Waals surface area (Å²) < 4.78 is 7.76. The number of aromatic nitrogens is 4. The van der Waals surface area contributed by atoms with Crippen LogP contribution in [-0.2, 0) is 17.9 Å². The number of nitrogens with two attached hydrogens (primary N) is 2. The molecular formula is C22H26N6O. The molecule has 29 heavy (non-hydrogen) atoms. The molecule has 150 valence electrons. The highest BCUT2D eigenvalue weighted by Gasteiger charge is 2.22. The number of benzene rings is 1. The van der Waals surface area contributed by atoms with Crippen LogP contribution in [0.1, 0.15) is 26.6 Å². The molecule has 0 amide bonds. The SMILES string of the molecule is CCOCc1nc2c(N)nc3cc(-c4cccnc4)ccc3c2n1CC(C)(C)N. The molecule has 0 aliphatic rings. The lowest BCUT2D eigenvalue weighted by Gasteiger charge is -2.22. The Bertz CT molecular complexity index is 1160.